The quantitative estimate of drug-likeness (QED) is 0.561. The van der Waals surface area contributed by atoms with Gasteiger partial charge in [-0.2, -0.15) is 0 Å². The molecule has 1 atom stereocenters. The van der Waals surface area contributed by atoms with Crippen LogP contribution in [0.2, 0.25) is 0 Å². The summed E-state index contributed by atoms with van der Waals surface area (Å²) in [6.45, 7) is 5.39. The van der Waals surface area contributed by atoms with E-state index >= 15 is 0 Å². The molecule has 2 aromatic heterocycles. The zero-order chi connectivity index (χ0) is 20.9. The number of carbonyl (C=O) groups excluding carboxylic acids is 1. The molecule has 1 N–H and O–H groups in total. The average Bonchev–Trinajstić information content (AvgIpc) is 3.38. The van der Waals surface area contributed by atoms with Crippen molar-refractivity contribution in [3.8, 4) is 23.1 Å². The number of rotatable bonds is 7. The van der Waals surface area contributed by atoms with Crippen molar-refractivity contribution in [1.29, 1.82) is 0 Å². The lowest BCUT2D eigenvalue weighted by molar-refractivity contribution is -0.119. The molecule has 0 unspecified atom stereocenters. The van der Waals surface area contributed by atoms with Crippen molar-refractivity contribution in [3.05, 3.63) is 42.2 Å². The highest BCUT2D eigenvalue weighted by Gasteiger charge is 2.22. The Hall–Kier alpha value is -2.94. The summed E-state index contributed by atoms with van der Waals surface area (Å²) in [5.41, 5.74) is 0.977. The van der Waals surface area contributed by atoms with E-state index in [1.165, 1.54) is 18.0 Å². The maximum atomic E-state index is 12.6. The van der Waals surface area contributed by atoms with Gasteiger partial charge in [0.2, 0.25) is 5.91 Å². The Morgan fingerprint density at radius 2 is 2.00 bits per heavy atom. The molecule has 0 radical (unpaired) electrons. The van der Waals surface area contributed by atoms with Crippen molar-refractivity contribution in [2.75, 3.05) is 19.0 Å². The minimum absolute atomic E-state index is 0.122. The van der Waals surface area contributed by atoms with Gasteiger partial charge in [-0.3, -0.25) is 4.79 Å². The average molecular weight is 429 g/mol. The summed E-state index contributed by atoms with van der Waals surface area (Å²) in [6.07, 6.45) is 2.38. The smallest absolute Gasteiger partial charge is 0.284 e. The van der Waals surface area contributed by atoms with E-state index in [1.807, 2.05) is 18.2 Å². The van der Waals surface area contributed by atoms with Gasteiger partial charge in [-0.1, -0.05) is 31.7 Å². The van der Waals surface area contributed by atoms with Gasteiger partial charge in [-0.05, 0) is 35.7 Å². The molecular formula is C21H23N3O5S. The van der Waals surface area contributed by atoms with Crippen LogP contribution in [-0.2, 0) is 4.79 Å². The van der Waals surface area contributed by atoms with Crippen LogP contribution in [0.4, 0.5) is 0 Å². The molecule has 3 aromatic rings. The molecule has 4 rings (SSSR count). The van der Waals surface area contributed by atoms with Crippen LogP contribution in [0.15, 0.2) is 50.7 Å². The van der Waals surface area contributed by atoms with Crippen molar-refractivity contribution in [1.82, 2.24) is 15.5 Å². The summed E-state index contributed by atoms with van der Waals surface area (Å²) in [6, 6.07) is 9.14. The molecule has 0 spiro atoms. The molecule has 0 bridgehead atoms. The van der Waals surface area contributed by atoms with Gasteiger partial charge in [0.1, 0.15) is 0 Å². The van der Waals surface area contributed by atoms with Crippen LogP contribution in [0.25, 0.3) is 11.7 Å². The molecule has 30 heavy (non-hydrogen) atoms. The molecule has 3 heterocycles. The normalized spacial score (nSPS) is 14.4. The molecule has 1 aromatic carbocycles. The van der Waals surface area contributed by atoms with E-state index in [9.17, 15) is 4.79 Å². The Labute approximate surface area is 178 Å². The summed E-state index contributed by atoms with van der Waals surface area (Å²) >= 11 is 1.18. The summed E-state index contributed by atoms with van der Waals surface area (Å²) in [4.78, 5) is 12.6. The van der Waals surface area contributed by atoms with Gasteiger partial charge in [-0.15, -0.1) is 10.2 Å². The van der Waals surface area contributed by atoms with Crippen LogP contribution < -0.4 is 14.8 Å². The molecule has 0 saturated carbocycles. The van der Waals surface area contributed by atoms with E-state index < -0.39 is 0 Å². The molecule has 158 valence electrons. The van der Waals surface area contributed by atoms with Crippen LogP contribution in [0.5, 0.6) is 11.5 Å². The van der Waals surface area contributed by atoms with Crippen molar-refractivity contribution in [2.45, 2.75) is 31.5 Å². The third-order valence-electron chi connectivity index (χ3n) is 4.58. The first-order chi connectivity index (χ1) is 14.6. The second-order valence-corrected chi connectivity index (χ2v) is 8.11. The molecule has 8 nitrogen and oxygen atoms in total. The SMILES string of the molecule is CC(C)[C@@H](NC(=O)CSc1nnc(-c2ccco2)o1)c1ccc2c(c1)OCCCO2. The number of amides is 1. The fraction of sp³-hybridized carbons (Fsp3) is 0.381. The zero-order valence-corrected chi connectivity index (χ0v) is 17.6. The second kappa shape index (κ2) is 9.25. The zero-order valence-electron chi connectivity index (χ0n) is 16.8. The number of nitrogens with zero attached hydrogens (tertiary/aromatic N) is 2. The molecule has 0 aliphatic carbocycles. The van der Waals surface area contributed by atoms with E-state index in [4.69, 9.17) is 18.3 Å². The van der Waals surface area contributed by atoms with Crippen LogP contribution in [-0.4, -0.2) is 35.1 Å². The third-order valence-corrected chi connectivity index (χ3v) is 5.40. The van der Waals surface area contributed by atoms with Gasteiger partial charge in [0.05, 0.1) is 31.3 Å². The van der Waals surface area contributed by atoms with E-state index in [0.717, 1.165) is 23.5 Å². The number of thioether (sulfide) groups is 1. The maximum absolute atomic E-state index is 12.6. The topological polar surface area (TPSA) is 99.6 Å². The highest BCUT2D eigenvalue weighted by molar-refractivity contribution is 7.99. The Bertz CT molecular complexity index is 986. The van der Waals surface area contributed by atoms with Gasteiger partial charge in [-0.25, -0.2) is 0 Å². The fourth-order valence-electron chi connectivity index (χ4n) is 3.12. The lowest BCUT2D eigenvalue weighted by atomic mass is 9.95. The largest absolute Gasteiger partial charge is 0.490 e. The van der Waals surface area contributed by atoms with Crippen LogP contribution in [0.3, 0.4) is 0 Å². The number of hydrogen-bond donors (Lipinski definition) is 1. The van der Waals surface area contributed by atoms with Gasteiger partial charge >= 0.3 is 0 Å². The predicted octanol–water partition coefficient (Wildman–Crippen LogP) is 4.10. The number of benzene rings is 1. The van der Waals surface area contributed by atoms with Crippen LogP contribution in [0, 0.1) is 5.92 Å². The van der Waals surface area contributed by atoms with Crippen LogP contribution in [0.1, 0.15) is 31.9 Å². The number of fused-ring (bicyclic) bond motifs is 1. The van der Waals surface area contributed by atoms with E-state index in [1.54, 1.807) is 12.1 Å². The Balaban J connectivity index is 1.38. The fourth-order valence-corrected chi connectivity index (χ4v) is 3.69. The Morgan fingerprint density at radius 1 is 1.17 bits per heavy atom. The molecule has 1 aliphatic rings. The lowest BCUT2D eigenvalue weighted by Crippen LogP contribution is -2.33. The monoisotopic (exact) mass is 429 g/mol. The first-order valence-electron chi connectivity index (χ1n) is 9.79. The molecule has 1 aliphatic heterocycles. The molecular weight excluding hydrogens is 406 g/mol. The third kappa shape index (κ3) is 4.79. The second-order valence-electron chi connectivity index (χ2n) is 7.18. The standard InChI is InChI=1S/C21H23N3O5S/c1-13(2)19(14-6-7-15-17(11-14)28-10-4-9-26-15)22-18(25)12-30-21-24-23-20(29-21)16-5-3-8-27-16/h3,5-8,11,13,19H,4,9-10,12H2,1-2H3,(H,22,25)/t19-/m1/s1. The van der Waals surface area contributed by atoms with Crippen molar-refractivity contribution in [3.63, 3.8) is 0 Å². The van der Waals surface area contributed by atoms with Crippen molar-refractivity contribution < 1.29 is 23.1 Å². The summed E-state index contributed by atoms with van der Waals surface area (Å²) in [7, 11) is 0. The van der Waals surface area contributed by atoms with E-state index in [0.29, 0.717) is 24.2 Å². The van der Waals surface area contributed by atoms with Gasteiger partial charge in [0, 0.05) is 6.42 Å². The number of furan rings is 1. The van der Waals surface area contributed by atoms with Crippen LogP contribution >= 0.6 is 11.8 Å². The van der Waals surface area contributed by atoms with Gasteiger partial charge in [0.25, 0.3) is 11.1 Å². The maximum Gasteiger partial charge on any atom is 0.284 e. The first kappa shape index (κ1) is 20.3. The summed E-state index contributed by atoms with van der Waals surface area (Å²) < 4.78 is 22.2. The first-order valence-corrected chi connectivity index (χ1v) is 10.8. The molecule has 0 fully saturated rings. The minimum Gasteiger partial charge on any atom is -0.490 e. The van der Waals surface area contributed by atoms with Crippen molar-refractivity contribution >= 4 is 17.7 Å². The van der Waals surface area contributed by atoms with Gasteiger partial charge in [0.15, 0.2) is 17.3 Å². The number of ether oxygens (including phenoxy) is 2. The highest BCUT2D eigenvalue weighted by atomic mass is 32.2. The van der Waals surface area contributed by atoms with Crippen molar-refractivity contribution in [2.24, 2.45) is 5.92 Å². The predicted molar refractivity (Wildman–Crippen MR) is 110 cm³/mol. The summed E-state index contributed by atoms with van der Waals surface area (Å²) in [5, 5.41) is 11.3. The number of carbonyl (C=O) groups is 1. The van der Waals surface area contributed by atoms with E-state index in [-0.39, 0.29) is 29.5 Å². The molecule has 9 heteroatoms. The Kier molecular flexibility index (Phi) is 6.27. The Morgan fingerprint density at radius 3 is 2.77 bits per heavy atom. The molecule has 0 saturated heterocycles. The number of nitrogens with one attached hydrogen (secondary N) is 1. The summed E-state index contributed by atoms with van der Waals surface area (Å²) in [5.74, 6) is 2.47. The minimum atomic E-state index is -0.156. The lowest BCUT2D eigenvalue weighted by Gasteiger charge is -2.23. The van der Waals surface area contributed by atoms with E-state index in [2.05, 4.69) is 29.4 Å². The number of hydrogen-bond acceptors (Lipinski definition) is 8. The highest BCUT2D eigenvalue weighted by Crippen LogP contribution is 2.34. The van der Waals surface area contributed by atoms with Gasteiger partial charge < -0.3 is 23.6 Å². The number of aromatic nitrogens is 2. The molecule has 1 amide bonds.